The third kappa shape index (κ3) is 3.43. The highest BCUT2D eigenvalue weighted by Gasteiger charge is 2.13. The molecule has 3 nitrogen and oxygen atoms in total. The minimum atomic E-state index is -0.224. The largest absolute Gasteiger partial charge is 0.383 e. The van der Waals surface area contributed by atoms with E-state index < -0.39 is 0 Å². The standard InChI is InChI=1S/C13H19NO2/c1-9-4-5-12(10(2)6-9)13(15)7-11(14)8-16-3/h4-6,11H,7-8,14H2,1-3H3. The number of Topliss-reactive ketones (excluding diaryl/α,β-unsaturated/α-hetero) is 1. The molecule has 0 fully saturated rings. The van der Waals surface area contributed by atoms with E-state index in [1.807, 2.05) is 32.0 Å². The molecule has 0 aliphatic heterocycles. The molecule has 0 bridgehead atoms. The molecule has 0 saturated heterocycles. The van der Waals surface area contributed by atoms with Crippen molar-refractivity contribution in [2.45, 2.75) is 26.3 Å². The highest BCUT2D eigenvalue weighted by Crippen LogP contribution is 2.13. The van der Waals surface area contributed by atoms with Crippen LogP contribution < -0.4 is 5.73 Å². The van der Waals surface area contributed by atoms with Gasteiger partial charge in [0.2, 0.25) is 0 Å². The Kier molecular flexibility index (Phi) is 4.65. The SMILES string of the molecule is COCC(N)CC(=O)c1ccc(C)cc1C. The van der Waals surface area contributed by atoms with Gasteiger partial charge in [-0.2, -0.15) is 0 Å². The molecule has 0 aliphatic rings. The monoisotopic (exact) mass is 221 g/mol. The maximum absolute atomic E-state index is 11.9. The van der Waals surface area contributed by atoms with Gasteiger partial charge in [0.25, 0.3) is 0 Å². The molecule has 1 unspecified atom stereocenters. The van der Waals surface area contributed by atoms with Crippen LogP contribution in [0.25, 0.3) is 0 Å². The topological polar surface area (TPSA) is 52.3 Å². The van der Waals surface area contributed by atoms with E-state index in [4.69, 9.17) is 10.5 Å². The maximum atomic E-state index is 11.9. The highest BCUT2D eigenvalue weighted by atomic mass is 16.5. The number of ether oxygens (including phenoxy) is 1. The molecule has 0 spiro atoms. The fourth-order valence-electron chi connectivity index (χ4n) is 1.75. The molecule has 1 rings (SSSR count). The molecule has 3 heteroatoms. The molecule has 1 aromatic carbocycles. The molecule has 88 valence electrons. The number of rotatable bonds is 5. The zero-order valence-corrected chi connectivity index (χ0v) is 10.1. The van der Waals surface area contributed by atoms with Gasteiger partial charge in [0.1, 0.15) is 0 Å². The average molecular weight is 221 g/mol. The summed E-state index contributed by atoms with van der Waals surface area (Å²) in [5.41, 5.74) is 8.69. The van der Waals surface area contributed by atoms with Crippen LogP contribution in [0.5, 0.6) is 0 Å². The number of carbonyl (C=O) groups is 1. The Morgan fingerprint density at radius 3 is 2.69 bits per heavy atom. The van der Waals surface area contributed by atoms with E-state index in [1.54, 1.807) is 7.11 Å². The van der Waals surface area contributed by atoms with Crippen LogP contribution >= 0.6 is 0 Å². The van der Waals surface area contributed by atoms with Gasteiger partial charge in [-0.15, -0.1) is 0 Å². The first-order chi connectivity index (χ1) is 7.54. The van der Waals surface area contributed by atoms with E-state index in [-0.39, 0.29) is 11.8 Å². The minimum absolute atomic E-state index is 0.0852. The van der Waals surface area contributed by atoms with E-state index in [0.29, 0.717) is 13.0 Å². The molecule has 0 amide bonds. The number of benzene rings is 1. The fraction of sp³-hybridized carbons (Fsp3) is 0.462. The molecule has 0 radical (unpaired) electrons. The van der Waals surface area contributed by atoms with Gasteiger partial charge in [-0.1, -0.05) is 23.8 Å². The first kappa shape index (κ1) is 12.9. The quantitative estimate of drug-likeness (QED) is 0.772. The van der Waals surface area contributed by atoms with Gasteiger partial charge in [0.05, 0.1) is 6.61 Å². The van der Waals surface area contributed by atoms with Gasteiger partial charge in [-0.25, -0.2) is 0 Å². The van der Waals surface area contributed by atoms with Crippen molar-refractivity contribution in [2.24, 2.45) is 5.73 Å². The third-order valence-electron chi connectivity index (χ3n) is 2.51. The van der Waals surface area contributed by atoms with Crippen LogP contribution in [0.4, 0.5) is 0 Å². The lowest BCUT2D eigenvalue weighted by molar-refractivity contribution is 0.0948. The molecule has 0 aromatic heterocycles. The lowest BCUT2D eigenvalue weighted by Crippen LogP contribution is -2.28. The smallest absolute Gasteiger partial charge is 0.164 e. The summed E-state index contributed by atoms with van der Waals surface area (Å²) in [6.45, 7) is 4.37. The lowest BCUT2D eigenvalue weighted by atomic mass is 9.98. The van der Waals surface area contributed by atoms with Gasteiger partial charge >= 0.3 is 0 Å². The fourth-order valence-corrected chi connectivity index (χ4v) is 1.75. The van der Waals surface area contributed by atoms with Crippen molar-refractivity contribution in [1.29, 1.82) is 0 Å². The van der Waals surface area contributed by atoms with Crippen molar-refractivity contribution in [3.05, 3.63) is 34.9 Å². The minimum Gasteiger partial charge on any atom is -0.383 e. The molecule has 0 heterocycles. The second-order valence-electron chi connectivity index (χ2n) is 4.16. The van der Waals surface area contributed by atoms with Gasteiger partial charge in [0.15, 0.2) is 5.78 Å². The van der Waals surface area contributed by atoms with Crippen molar-refractivity contribution >= 4 is 5.78 Å². The second kappa shape index (κ2) is 5.77. The lowest BCUT2D eigenvalue weighted by Gasteiger charge is -2.11. The summed E-state index contributed by atoms with van der Waals surface area (Å²) in [5, 5.41) is 0. The van der Waals surface area contributed by atoms with Crippen LogP contribution in [0, 0.1) is 13.8 Å². The Morgan fingerprint density at radius 1 is 1.44 bits per heavy atom. The van der Waals surface area contributed by atoms with Crippen molar-refractivity contribution in [3.8, 4) is 0 Å². The number of aryl methyl sites for hydroxylation is 2. The zero-order chi connectivity index (χ0) is 12.1. The maximum Gasteiger partial charge on any atom is 0.164 e. The summed E-state index contributed by atoms with van der Waals surface area (Å²) in [4.78, 5) is 11.9. The summed E-state index contributed by atoms with van der Waals surface area (Å²) in [6.07, 6.45) is 0.331. The number of carbonyl (C=O) groups excluding carboxylic acids is 1. The van der Waals surface area contributed by atoms with Crippen LogP contribution in [-0.4, -0.2) is 25.5 Å². The van der Waals surface area contributed by atoms with E-state index >= 15 is 0 Å². The van der Waals surface area contributed by atoms with Crippen LogP contribution in [0.3, 0.4) is 0 Å². The van der Waals surface area contributed by atoms with Gasteiger partial charge in [0, 0.05) is 25.1 Å². The molecular weight excluding hydrogens is 202 g/mol. The van der Waals surface area contributed by atoms with Gasteiger partial charge in [-0.3, -0.25) is 4.79 Å². The highest BCUT2D eigenvalue weighted by molar-refractivity contribution is 5.97. The number of ketones is 1. The summed E-state index contributed by atoms with van der Waals surface area (Å²) in [7, 11) is 1.58. The van der Waals surface area contributed by atoms with Crippen LogP contribution in [0.15, 0.2) is 18.2 Å². The van der Waals surface area contributed by atoms with Gasteiger partial charge < -0.3 is 10.5 Å². The molecule has 0 aliphatic carbocycles. The molecule has 1 aromatic rings. The molecular formula is C13H19NO2. The van der Waals surface area contributed by atoms with E-state index in [1.165, 1.54) is 0 Å². The van der Waals surface area contributed by atoms with Crippen molar-refractivity contribution in [1.82, 2.24) is 0 Å². The second-order valence-corrected chi connectivity index (χ2v) is 4.16. The Balaban J connectivity index is 2.73. The predicted molar refractivity (Wildman–Crippen MR) is 64.7 cm³/mol. The van der Waals surface area contributed by atoms with Gasteiger partial charge in [-0.05, 0) is 19.4 Å². The third-order valence-corrected chi connectivity index (χ3v) is 2.51. The first-order valence-electron chi connectivity index (χ1n) is 5.39. The number of hydrogen-bond donors (Lipinski definition) is 1. The van der Waals surface area contributed by atoms with E-state index in [0.717, 1.165) is 16.7 Å². The Bertz CT molecular complexity index is 374. The average Bonchev–Trinajstić information content (AvgIpc) is 2.17. The predicted octanol–water partition coefficient (Wildman–Crippen LogP) is 1.85. The van der Waals surface area contributed by atoms with Crippen molar-refractivity contribution < 1.29 is 9.53 Å². The number of nitrogens with two attached hydrogens (primary N) is 1. The normalized spacial score (nSPS) is 12.5. The van der Waals surface area contributed by atoms with Crippen LogP contribution in [0.1, 0.15) is 27.9 Å². The summed E-state index contributed by atoms with van der Waals surface area (Å²) in [5.74, 6) is 0.0852. The summed E-state index contributed by atoms with van der Waals surface area (Å²) in [6, 6.07) is 5.60. The Labute approximate surface area is 96.6 Å². The van der Waals surface area contributed by atoms with Crippen molar-refractivity contribution in [2.75, 3.05) is 13.7 Å². The molecule has 1 atom stereocenters. The molecule has 2 N–H and O–H groups in total. The van der Waals surface area contributed by atoms with Crippen LogP contribution in [0.2, 0.25) is 0 Å². The molecule has 16 heavy (non-hydrogen) atoms. The summed E-state index contributed by atoms with van der Waals surface area (Å²) < 4.78 is 4.91. The molecule has 0 saturated carbocycles. The first-order valence-corrected chi connectivity index (χ1v) is 5.39. The van der Waals surface area contributed by atoms with Crippen LogP contribution in [-0.2, 0) is 4.74 Å². The number of hydrogen-bond acceptors (Lipinski definition) is 3. The van der Waals surface area contributed by atoms with E-state index in [2.05, 4.69) is 0 Å². The van der Waals surface area contributed by atoms with E-state index in [9.17, 15) is 4.79 Å². The zero-order valence-electron chi connectivity index (χ0n) is 10.1. The Hall–Kier alpha value is -1.19. The van der Waals surface area contributed by atoms with Crippen molar-refractivity contribution in [3.63, 3.8) is 0 Å². The number of methoxy groups -OCH3 is 1. The Morgan fingerprint density at radius 2 is 2.12 bits per heavy atom. The summed E-state index contributed by atoms with van der Waals surface area (Å²) >= 11 is 0.